The Labute approximate surface area is 90.7 Å². The minimum absolute atomic E-state index is 0.114. The molecule has 0 unspecified atom stereocenters. The lowest BCUT2D eigenvalue weighted by molar-refractivity contribution is -0.0249. The van der Waals surface area contributed by atoms with Gasteiger partial charge in [-0.3, -0.25) is 4.84 Å². The maximum atomic E-state index is 11.2. The second-order valence-electron chi connectivity index (χ2n) is 4.38. The molecule has 1 fully saturated rings. The van der Waals surface area contributed by atoms with E-state index in [0.29, 0.717) is 6.04 Å². The van der Waals surface area contributed by atoms with E-state index >= 15 is 0 Å². The Bertz CT molecular complexity index is 201. The summed E-state index contributed by atoms with van der Waals surface area (Å²) >= 11 is 0. The molecular weight excluding hydrogens is 194 g/mol. The van der Waals surface area contributed by atoms with Crippen molar-refractivity contribution in [1.82, 2.24) is 10.8 Å². The summed E-state index contributed by atoms with van der Waals surface area (Å²) in [5.41, 5.74) is 8.17. The quantitative estimate of drug-likeness (QED) is 0.612. The van der Waals surface area contributed by atoms with Gasteiger partial charge in [0.2, 0.25) is 0 Å². The number of carbonyl (C=O) groups excluding carboxylic acids is 1. The van der Waals surface area contributed by atoms with Crippen molar-refractivity contribution in [3.05, 3.63) is 0 Å². The van der Waals surface area contributed by atoms with Gasteiger partial charge < -0.3 is 11.1 Å². The Hall–Kier alpha value is -0.810. The van der Waals surface area contributed by atoms with Gasteiger partial charge in [0.05, 0.1) is 6.10 Å². The highest BCUT2D eigenvalue weighted by Gasteiger charge is 2.19. The van der Waals surface area contributed by atoms with Crippen LogP contribution in [0.25, 0.3) is 0 Å². The zero-order valence-corrected chi connectivity index (χ0v) is 9.45. The fraction of sp³-hybridized carbons (Fsp3) is 0.900. The first-order chi connectivity index (χ1) is 7.08. The minimum atomic E-state index is -0.278. The van der Waals surface area contributed by atoms with E-state index in [4.69, 9.17) is 10.6 Å². The summed E-state index contributed by atoms with van der Waals surface area (Å²) < 4.78 is 0. The molecule has 0 atom stereocenters. The third-order valence-electron chi connectivity index (χ3n) is 2.46. The lowest BCUT2D eigenvalue weighted by atomic mass is 9.94. The van der Waals surface area contributed by atoms with Gasteiger partial charge in [-0.2, -0.15) is 0 Å². The van der Waals surface area contributed by atoms with E-state index in [-0.39, 0.29) is 18.2 Å². The Balaban J connectivity index is 2.12. The Morgan fingerprint density at radius 2 is 1.93 bits per heavy atom. The number of hydrogen-bond donors (Lipinski definition) is 3. The molecule has 0 radical (unpaired) electrons. The van der Waals surface area contributed by atoms with Gasteiger partial charge >= 0.3 is 6.03 Å². The molecule has 88 valence electrons. The molecule has 15 heavy (non-hydrogen) atoms. The highest BCUT2D eigenvalue weighted by molar-refractivity contribution is 5.72. The molecule has 1 aliphatic rings. The normalized spacial score (nSPS) is 26.4. The molecule has 1 aliphatic carbocycles. The first-order valence-electron chi connectivity index (χ1n) is 5.55. The molecule has 0 aromatic heterocycles. The van der Waals surface area contributed by atoms with Crippen LogP contribution in [0, 0.1) is 0 Å². The third kappa shape index (κ3) is 4.99. The van der Waals surface area contributed by atoms with Crippen LogP contribution in [0.5, 0.6) is 0 Å². The highest BCUT2D eigenvalue weighted by Crippen LogP contribution is 2.18. The maximum absolute atomic E-state index is 11.2. The lowest BCUT2D eigenvalue weighted by Gasteiger charge is -2.25. The fourth-order valence-corrected chi connectivity index (χ4v) is 1.63. The Morgan fingerprint density at radius 1 is 1.33 bits per heavy atom. The number of amides is 2. The van der Waals surface area contributed by atoms with Crippen LogP contribution in [0.1, 0.15) is 39.5 Å². The van der Waals surface area contributed by atoms with Gasteiger partial charge in [0.15, 0.2) is 0 Å². The van der Waals surface area contributed by atoms with Crippen molar-refractivity contribution in [2.45, 2.75) is 57.7 Å². The van der Waals surface area contributed by atoms with Crippen LogP contribution in [0.2, 0.25) is 0 Å². The van der Waals surface area contributed by atoms with Gasteiger partial charge in [0.25, 0.3) is 0 Å². The van der Waals surface area contributed by atoms with Gasteiger partial charge in [-0.25, -0.2) is 10.3 Å². The number of nitrogens with two attached hydrogens (primary N) is 1. The lowest BCUT2D eigenvalue weighted by Crippen LogP contribution is -2.42. The molecule has 1 saturated carbocycles. The predicted molar refractivity (Wildman–Crippen MR) is 58.1 cm³/mol. The molecule has 5 heteroatoms. The van der Waals surface area contributed by atoms with E-state index in [1.165, 1.54) is 0 Å². The molecule has 2 amide bonds. The number of hydrogen-bond acceptors (Lipinski definition) is 3. The van der Waals surface area contributed by atoms with Gasteiger partial charge in [-0.05, 0) is 39.5 Å². The monoisotopic (exact) mass is 215 g/mol. The maximum Gasteiger partial charge on any atom is 0.338 e. The molecule has 0 spiro atoms. The molecule has 0 heterocycles. The number of urea groups is 1. The first-order valence-corrected chi connectivity index (χ1v) is 5.55. The summed E-state index contributed by atoms with van der Waals surface area (Å²) in [6, 6.07) is 0.141. The van der Waals surface area contributed by atoms with Crippen LogP contribution in [0.15, 0.2) is 0 Å². The molecule has 4 N–H and O–H groups in total. The van der Waals surface area contributed by atoms with E-state index in [2.05, 4.69) is 10.8 Å². The Kier molecular flexibility index (Phi) is 4.84. The highest BCUT2D eigenvalue weighted by atomic mass is 16.7. The van der Waals surface area contributed by atoms with Crippen LogP contribution < -0.4 is 16.5 Å². The smallest absolute Gasteiger partial charge is 0.334 e. The average molecular weight is 215 g/mol. The van der Waals surface area contributed by atoms with E-state index in [9.17, 15) is 4.79 Å². The average Bonchev–Trinajstić information content (AvgIpc) is 2.16. The second-order valence-corrected chi connectivity index (χ2v) is 4.38. The molecule has 1 rings (SSSR count). The SMILES string of the molecule is CC(C)NC(=O)NOC1CCC(N)CC1. The van der Waals surface area contributed by atoms with E-state index in [1.807, 2.05) is 13.8 Å². The van der Waals surface area contributed by atoms with Gasteiger partial charge in [0, 0.05) is 12.1 Å². The van der Waals surface area contributed by atoms with Crippen LogP contribution in [-0.4, -0.2) is 24.2 Å². The van der Waals surface area contributed by atoms with Crippen molar-refractivity contribution < 1.29 is 9.63 Å². The molecule has 0 aliphatic heterocycles. The summed E-state index contributed by atoms with van der Waals surface area (Å²) in [5.74, 6) is 0. The van der Waals surface area contributed by atoms with Crippen LogP contribution >= 0.6 is 0 Å². The minimum Gasteiger partial charge on any atom is -0.334 e. The largest absolute Gasteiger partial charge is 0.338 e. The zero-order chi connectivity index (χ0) is 11.3. The van der Waals surface area contributed by atoms with Crippen molar-refractivity contribution in [1.29, 1.82) is 0 Å². The number of nitrogens with one attached hydrogen (secondary N) is 2. The summed E-state index contributed by atoms with van der Waals surface area (Å²) in [6.07, 6.45) is 3.89. The van der Waals surface area contributed by atoms with Crippen molar-refractivity contribution >= 4 is 6.03 Å². The second kappa shape index (κ2) is 5.92. The molecule has 0 bridgehead atoms. The van der Waals surface area contributed by atoms with Crippen LogP contribution in [-0.2, 0) is 4.84 Å². The third-order valence-corrected chi connectivity index (χ3v) is 2.46. The molecule has 0 saturated heterocycles. The van der Waals surface area contributed by atoms with Crippen LogP contribution in [0.4, 0.5) is 4.79 Å². The van der Waals surface area contributed by atoms with E-state index < -0.39 is 0 Å². The fourth-order valence-electron chi connectivity index (χ4n) is 1.63. The van der Waals surface area contributed by atoms with E-state index in [0.717, 1.165) is 25.7 Å². The summed E-state index contributed by atoms with van der Waals surface area (Å²) in [6.45, 7) is 3.80. The number of rotatable bonds is 3. The molecule has 0 aromatic rings. The van der Waals surface area contributed by atoms with E-state index in [1.54, 1.807) is 0 Å². The Morgan fingerprint density at radius 3 is 2.47 bits per heavy atom. The van der Waals surface area contributed by atoms with Crippen molar-refractivity contribution in [2.75, 3.05) is 0 Å². The van der Waals surface area contributed by atoms with Gasteiger partial charge in [0.1, 0.15) is 0 Å². The van der Waals surface area contributed by atoms with Gasteiger partial charge in [-0.15, -0.1) is 0 Å². The zero-order valence-electron chi connectivity index (χ0n) is 9.45. The summed E-state index contributed by atoms with van der Waals surface area (Å²) in [5, 5.41) is 2.69. The van der Waals surface area contributed by atoms with Crippen LogP contribution in [0.3, 0.4) is 0 Å². The topological polar surface area (TPSA) is 76.4 Å². The number of carbonyl (C=O) groups is 1. The standard InChI is InChI=1S/C10H21N3O2/c1-7(2)12-10(14)13-15-9-5-3-8(11)4-6-9/h7-9H,3-6,11H2,1-2H3,(H2,12,13,14). The van der Waals surface area contributed by atoms with Crippen molar-refractivity contribution in [3.8, 4) is 0 Å². The molecular formula is C10H21N3O2. The molecule has 5 nitrogen and oxygen atoms in total. The summed E-state index contributed by atoms with van der Waals surface area (Å²) in [4.78, 5) is 16.5. The summed E-state index contributed by atoms with van der Waals surface area (Å²) in [7, 11) is 0. The first kappa shape index (κ1) is 12.3. The van der Waals surface area contributed by atoms with Crippen molar-refractivity contribution in [2.24, 2.45) is 5.73 Å². The van der Waals surface area contributed by atoms with Gasteiger partial charge in [-0.1, -0.05) is 0 Å². The number of hydroxylamine groups is 1. The predicted octanol–water partition coefficient (Wildman–Crippen LogP) is 0.895. The van der Waals surface area contributed by atoms with Crippen molar-refractivity contribution in [3.63, 3.8) is 0 Å². The molecule has 0 aromatic carbocycles.